The first-order valence-electron chi connectivity index (χ1n) is 8.07. The third-order valence-electron chi connectivity index (χ3n) is 4.51. The Balaban J connectivity index is 1.61. The molecule has 4 nitrogen and oxygen atoms in total. The first kappa shape index (κ1) is 14.4. The van der Waals surface area contributed by atoms with Gasteiger partial charge in [0, 0.05) is 25.2 Å². The molecule has 1 aromatic rings. The maximum absolute atomic E-state index is 12.5. The van der Waals surface area contributed by atoms with Crippen LogP contribution in [0.25, 0.3) is 6.08 Å². The van der Waals surface area contributed by atoms with Gasteiger partial charge in [-0.25, -0.2) is 0 Å². The molecule has 1 atom stereocenters. The molecule has 0 radical (unpaired) electrons. The predicted octanol–water partition coefficient (Wildman–Crippen LogP) is 2.77. The van der Waals surface area contributed by atoms with E-state index < -0.39 is 0 Å². The van der Waals surface area contributed by atoms with Gasteiger partial charge in [0.25, 0.3) is 0 Å². The number of carbonyl (C=O) groups excluding carboxylic acids is 1. The van der Waals surface area contributed by atoms with E-state index in [1.165, 1.54) is 32.4 Å². The molecule has 2 saturated heterocycles. The molecule has 0 aliphatic carbocycles. The van der Waals surface area contributed by atoms with Crippen molar-refractivity contribution in [2.24, 2.45) is 0 Å². The summed E-state index contributed by atoms with van der Waals surface area (Å²) in [5, 5.41) is 0. The minimum atomic E-state index is 0.121. The van der Waals surface area contributed by atoms with Gasteiger partial charge in [0.2, 0.25) is 5.91 Å². The summed E-state index contributed by atoms with van der Waals surface area (Å²) in [6.45, 7) is 4.32. The molecule has 3 rings (SSSR count). The summed E-state index contributed by atoms with van der Waals surface area (Å²) in [6, 6.07) is 4.08. The van der Waals surface area contributed by atoms with Crippen molar-refractivity contribution >= 4 is 12.0 Å². The lowest BCUT2D eigenvalue weighted by atomic mass is 10.0. The van der Waals surface area contributed by atoms with Gasteiger partial charge in [-0.1, -0.05) is 0 Å². The largest absolute Gasteiger partial charge is 0.465 e. The van der Waals surface area contributed by atoms with E-state index in [0.29, 0.717) is 6.04 Å². The Kier molecular flexibility index (Phi) is 4.76. The topological polar surface area (TPSA) is 36.7 Å². The van der Waals surface area contributed by atoms with E-state index in [1.54, 1.807) is 18.4 Å². The van der Waals surface area contributed by atoms with Crippen LogP contribution in [-0.2, 0) is 4.79 Å². The molecule has 1 amide bonds. The Morgan fingerprint density at radius 1 is 1.24 bits per heavy atom. The van der Waals surface area contributed by atoms with Crippen molar-refractivity contribution in [3.8, 4) is 0 Å². The van der Waals surface area contributed by atoms with Gasteiger partial charge < -0.3 is 14.2 Å². The van der Waals surface area contributed by atoms with Crippen LogP contribution in [0.3, 0.4) is 0 Å². The van der Waals surface area contributed by atoms with Crippen molar-refractivity contribution in [1.29, 1.82) is 0 Å². The highest BCUT2D eigenvalue weighted by molar-refractivity contribution is 5.91. The number of likely N-dealkylation sites (tertiary alicyclic amines) is 2. The number of carbonyl (C=O) groups is 1. The van der Waals surface area contributed by atoms with Crippen LogP contribution in [-0.4, -0.2) is 47.9 Å². The number of piperidine rings is 1. The lowest BCUT2D eigenvalue weighted by Crippen LogP contribution is -2.48. The van der Waals surface area contributed by atoms with Crippen molar-refractivity contribution in [1.82, 2.24) is 9.80 Å². The Bertz CT molecular complexity index is 475. The number of hydrogen-bond acceptors (Lipinski definition) is 3. The van der Waals surface area contributed by atoms with E-state index in [4.69, 9.17) is 4.42 Å². The SMILES string of the molecule is O=C(/C=C/c1ccco1)N1CCCCC1CN1CCCC1. The van der Waals surface area contributed by atoms with Crippen LogP contribution in [0, 0.1) is 0 Å². The summed E-state index contributed by atoms with van der Waals surface area (Å²) in [6.07, 6.45) is 11.2. The van der Waals surface area contributed by atoms with E-state index >= 15 is 0 Å². The Morgan fingerprint density at radius 3 is 2.81 bits per heavy atom. The summed E-state index contributed by atoms with van der Waals surface area (Å²) in [7, 11) is 0. The van der Waals surface area contributed by atoms with Crippen LogP contribution >= 0.6 is 0 Å². The van der Waals surface area contributed by atoms with Crippen LogP contribution in [0.4, 0.5) is 0 Å². The van der Waals surface area contributed by atoms with Crippen molar-refractivity contribution in [2.75, 3.05) is 26.2 Å². The fraction of sp³-hybridized carbons (Fsp3) is 0.588. The molecule has 0 bridgehead atoms. The second-order valence-electron chi connectivity index (χ2n) is 6.04. The molecule has 0 aromatic carbocycles. The highest BCUT2D eigenvalue weighted by Crippen LogP contribution is 2.20. The maximum Gasteiger partial charge on any atom is 0.246 e. The first-order valence-corrected chi connectivity index (χ1v) is 8.07. The molecule has 3 heterocycles. The molecule has 2 aliphatic heterocycles. The quantitative estimate of drug-likeness (QED) is 0.799. The normalized spacial score (nSPS) is 24.0. The number of furan rings is 1. The number of hydrogen-bond donors (Lipinski definition) is 0. The van der Waals surface area contributed by atoms with Crippen molar-refractivity contribution in [3.63, 3.8) is 0 Å². The molecular formula is C17H24N2O2. The lowest BCUT2D eigenvalue weighted by molar-refractivity contribution is -0.129. The standard InChI is InChI=1S/C17H24N2O2/c20-17(9-8-16-7-5-13-21-16)19-12-2-1-6-15(19)14-18-10-3-4-11-18/h5,7-9,13,15H,1-4,6,10-12,14H2/b9-8+. The van der Waals surface area contributed by atoms with E-state index in [9.17, 15) is 4.79 Å². The first-order chi connectivity index (χ1) is 10.3. The van der Waals surface area contributed by atoms with Crippen LogP contribution in [0.15, 0.2) is 28.9 Å². The van der Waals surface area contributed by atoms with E-state index in [2.05, 4.69) is 9.80 Å². The summed E-state index contributed by atoms with van der Waals surface area (Å²) >= 11 is 0. The third-order valence-corrected chi connectivity index (χ3v) is 4.51. The monoisotopic (exact) mass is 288 g/mol. The van der Waals surface area contributed by atoms with Gasteiger partial charge in [-0.2, -0.15) is 0 Å². The average Bonchev–Trinajstić information content (AvgIpc) is 3.18. The predicted molar refractivity (Wildman–Crippen MR) is 82.8 cm³/mol. The smallest absolute Gasteiger partial charge is 0.246 e. The van der Waals surface area contributed by atoms with Gasteiger partial charge in [0.05, 0.1) is 6.26 Å². The Morgan fingerprint density at radius 2 is 2.05 bits per heavy atom. The molecular weight excluding hydrogens is 264 g/mol. The Labute approximate surface area is 126 Å². The molecule has 21 heavy (non-hydrogen) atoms. The molecule has 0 saturated carbocycles. The lowest BCUT2D eigenvalue weighted by Gasteiger charge is -2.37. The summed E-state index contributed by atoms with van der Waals surface area (Å²) in [5.74, 6) is 0.853. The zero-order valence-electron chi connectivity index (χ0n) is 12.5. The van der Waals surface area contributed by atoms with E-state index in [-0.39, 0.29) is 5.91 Å². The average molecular weight is 288 g/mol. The number of amides is 1. The third kappa shape index (κ3) is 3.76. The summed E-state index contributed by atoms with van der Waals surface area (Å²) in [4.78, 5) is 17.0. The second kappa shape index (κ2) is 6.94. The minimum absolute atomic E-state index is 0.121. The molecule has 1 unspecified atom stereocenters. The highest BCUT2D eigenvalue weighted by atomic mass is 16.3. The maximum atomic E-state index is 12.5. The fourth-order valence-electron chi connectivity index (χ4n) is 3.38. The number of rotatable bonds is 4. The minimum Gasteiger partial charge on any atom is -0.465 e. The van der Waals surface area contributed by atoms with E-state index in [0.717, 1.165) is 31.7 Å². The molecule has 2 aliphatic rings. The van der Waals surface area contributed by atoms with Gasteiger partial charge >= 0.3 is 0 Å². The number of nitrogens with zero attached hydrogens (tertiary/aromatic N) is 2. The van der Waals surface area contributed by atoms with Crippen LogP contribution < -0.4 is 0 Å². The zero-order chi connectivity index (χ0) is 14.5. The van der Waals surface area contributed by atoms with E-state index in [1.807, 2.05) is 12.1 Å². The van der Waals surface area contributed by atoms with Gasteiger partial charge in [0.15, 0.2) is 0 Å². The molecule has 4 heteroatoms. The van der Waals surface area contributed by atoms with Crippen molar-refractivity contribution < 1.29 is 9.21 Å². The Hall–Kier alpha value is -1.55. The molecule has 0 spiro atoms. The van der Waals surface area contributed by atoms with Gasteiger partial charge in [-0.05, 0) is 63.4 Å². The van der Waals surface area contributed by atoms with Crippen LogP contribution in [0.1, 0.15) is 37.9 Å². The molecule has 0 N–H and O–H groups in total. The van der Waals surface area contributed by atoms with Crippen LogP contribution in [0.2, 0.25) is 0 Å². The fourth-order valence-corrected chi connectivity index (χ4v) is 3.38. The zero-order valence-corrected chi connectivity index (χ0v) is 12.5. The summed E-state index contributed by atoms with van der Waals surface area (Å²) in [5.41, 5.74) is 0. The molecule has 2 fully saturated rings. The van der Waals surface area contributed by atoms with Gasteiger partial charge in [-0.15, -0.1) is 0 Å². The van der Waals surface area contributed by atoms with Crippen molar-refractivity contribution in [2.45, 2.75) is 38.1 Å². The van der Waals surface area contributed by atoms with Crippen molar-refractivity contribution in [3.05, 3.63) is 30.2 Å². The van der Waals surface area contributed by atoms with Gasteiger partial charge in [-0.3, -0.25) is 4.79 Å². The van der Waals surface area contributed by atoms with Gasteiger partial charge in [0.1, 0.15) is 5.76 Å². The van der Waals surface area contributed by atoms with Crippen LogP contribution in [0.5, 0.6) is 0 Å². The second-order valence-corrected chi connectivity index (χ2v) is 6.04. The molecule has 1 aromatic heterocycles. The molecule has 114 valence electrons. The summed E-state index contributed by atoms with van der Waals surface area (Å²) < 4.78 is 5.24. The highest BCUT2D eigenvalue weighted by Gasteiger charge is 2.27.